The molecule has 21 heavy (non-hydrogen) atoms. The van der Waals surface area contributed by atoms with E-state index in [1.807, 2.05) is 0 Å². The van der Waals surface area contributed by atoms with Gasteiger partial charge in [0.05, 0.1) is 5.69 Å². The smallest absolute Gasteiger partial charge is 0.0596 e. The molecule has 1 aliphatic heterocycles. The average Bonchev–Trinajstić information content (AvgIpc) is 2.85. The Morgan fingerprint density at radius 1 is 1.38 bits per heavy atom. The lowest BCUT2D eigenvalue weighted by atomic mass is 9.92. The molecule has 1 fully saturated rings. The Morgan fingerprint density at radius 2 is 2.14 bits per heavy atom. The van der Waals surface area contributed by atoms with E-state index >= 15 is 0 Å². The Hall–Kier alpha value is -0.480. The SMILES string of the molecule is CCCNC(Cc1cc(C)nn1CC)CC1CCSCC1. The lowest BCUT2D eigenvalue weighted by Gasteiger charge is -2.27. The topological polar surface area (TPSA) is 29.9 Å². The van der Waals surface area contributed by atoms with Crippen molar-refractivity contribution in [1.29, 1.82) is 0 Å². The van der Waals surface area contributed by atoms with Crippen LogP contribution < -0.4 is 5.32 Å². The van der Waals surface area contributed by atoms with Gasteiger partial charge < -0.3 is 5.32 Å². The van der Waals surface area contributed by atoms with Crippen molar-refractivity contribution < 1.29 is 0 Å². The van der Waals surface area contributed by atoms with Gasteiger partial charge >= 0.3 is 0 Å². The second-order valence-electron chi connectivity index (χ2n) is 6.24. The molecule has 0 aliphatic carbocycles. The molecule has 1 N–H and O–H groups in total. The average molecular weight is 310 g/mol. The Bertz CT molecular complexity index is 410. The lowest BCUT2D eigenvalue weighted by molar-refractivity contribution is 0.357. The van der Waals surface area contributed by atoms with Gasteiger partial charge in [-0.15, -0.1) is 0 Å². The van der Waals surface area contributed by atoms with Crippen LogP contribution in [0.2, 0.25) is 0 Å². The molecule has 1 atom stereocenters. The number of nitrogens with zero attached hydrogens (tertiary/aromatic N) is 2. The summed E-state index contributed by atoms with van der Waals surface area (Å²) in [6, 6.07) is 2.88. The van der Waals surface area contributed by atoms with Crippen molar-refractivity contribution in [2.24, 2.45) is 5.92 Å². The lowest BCUT2D eigenvalue weighted by Crippen LogP contribution is -2.35. The molecule has 4 heteroatoms. The third-order valence-corrected chi connectivity index (χ3v) is 5.43. The highest BCUT2D eigenvalue weighted by molar-refractivity contribution is 7.99. The molecular weight excluding hydrogens is 278 g/mol. The van der Waals surface area contributed by atoms with Crippen molar-refractivity contribution in [2.45, 2.75) is 65.5 Å². The molecular formula is C17H31N3S. The monoisotopic (exact) mass is 309 g/mol. The van der Waals surface area contributed by atoms with Crippen molar-refractivity contribution in [1.82, 2.24) is 15.1 Å². The van der Waals surface area contributed by atoms with Gasteiger partial charge in [-0.3, -0.25) is 4.68 Å². The summed E-state index contributed by atoms with van der Waals surface area (Å²) in [5, 5.41) is 8.37. The Kier molecular flexibility index (Phi) is 7.11. The normalized spacial score (nSPS) is 18.0. The summed E-state index contributed by atoms with van der Waals surface area (Å²) in [4.78, 5) is 0. The van der Waals surface area contributed by atoms with Gasteiger partial charge in [0, 0.05) is 24.7 Å². The molecule has 1 unspecified atom stereocenters. The van der Waals surface area contributed by atoms with Crippen LogP contribution in [0.15, 0.2) is 6.07 Å². The zero-order valence-electron chi connectivity index (χ0n) is 13.9. The van der Waals surface area contributed by atoms with Gasteiger partial charge in [-0.2, -0.15) is 16.9 Å². The number of nitrogens with one attached hydrogen (secondary N) is 1. The van der Waals surface area contributed by atoms with Crippen LogP contribution >= 0.6 is 11.8 Å². The highest BCUT2D eigenvalue weighted by Crippen LogP contribution is 2.27. The van der Waals surface area contributed by atoms with Crippen LogP contribution in [0, 0.1) is 12.8 Å². The van der Waals surface area contributed by atoms with Crippen LogP contribution in [0.3, 0.4) is 0 Å². The molecule has 0 saturated carbocycles. The van der Waals surface area contributed by atoms with E-state index in [-0.39, 0.29) is 0 Å². The maximum atomic E-state index is 4.59. The summed E-state index contributed by atoms with van der Waals surface area (Å²) in [6.45, 7) is 8.64. The number of thioether (sulfide) groups is 1. The highest BCUT2D eigenvalue weighted by atomic mass is 32.2. The molecule has 1 saturated heterocycles. The Balaban J connectivity index is 1.97. The van der Waals surface area contributed by atoms with Gasteiger partial charge in [0.2, 0.25) is 0 Å². The van der Waals surface area contributed by atoms with E-state index in [1.165, 1.54) is 42.9 Å². The fourth-order valence-corrected chi connectivity index (χ4v) is 4.47. The second kappa shape index (κ2) is 8.84. The number of hydrogen-bond acceptors (Lipinski definition) is 3. The fraction of sp³-hybridized carbons (Fsp3) is 0.824. The molecule has 3 nitrogen and oxygen atoms in total. The number of aromatic nitrogens is 2. The van der Waals surface area contributed by atoms with E-state index in [2.05, 4.69) is 53.7 Å². The van der Waals surface area contributed by atoms with Crippen molar-refractivity contribution in [2.75, 3.05) is 18.1 Å². The van der Waals surface area contributed by atoms with E-state index in [9.17, 15) is 0 Å². The van der Waals surface area contributed by atoms with Crippen LogP contribution in [0.4, 0.5) is 0 Å². The molecule has 0 amide bonds. The molecule has 120 valence electrons. The van der Waals surface area contributed by atoms with Crippen molar-refractivity contribution in [3.05, 3.63) is 17.5 Å². The van der Waals surface area contributed by atoms with Gasteiger partial charge in [0.25, 0.3) is 0 Å². The maximum absolute atomic E-state index is 4.59. The summed E-state index contributed by atoms with van der Waals surface area (Å²) < 4.78 is 2.17. The third kappa shape index (κ3) is 5.33. The Labute approximate surface area is 134 Å². The molecule has 1 aliphatic rings. The molecule has 2 heterocycles. The predicted molar refractivity (Wildman–Crippen MR) is 93.1 cm³/mol. The van der Waals surface area contributed by atoms with Gasteiger partial charge in [-0.05, 0) is 69.6 Å². The number of hydrogen-bond donors (Lipinski definition) is 1. The molecule has 0 bridgehead atoms. The highest BCUT2D eigenvalue weighted by Gasteiger charge is 2.20. The van der Waals surface area contributed by atoms with E-state index in [4.69, 9.17) is 0 Å². The van der Waals surface area contributed by atoms with Gasteiger partial charge in [0.1, 0.15) is 0 Å². The second-order valence-corrected chi connectivity index (χ2v) is 7.46. The fourth-order valence-electron chi connectivity index (χ4n) is 3.26. The van der Waals surface area contributed by atoms with Crippen LogP contribution in [-0.4, -0.2) is 33.9 Å². The van der Waals surface area contributed by atoms with Crippen LogP contribution in [-0.2, 0) is 13.0 Å². The molecule has 0 aromatic carbocycles. The van der Waals surface area contributed by atoms with Gasteiger partial charge in [-0.1, -0.05) is 6.92 Å². The summed E-state index contributed by atoms with van der Waals surface area (Å²) in [5.41, 5.74) is 2.55. The van der Waals surface area contributed by atoms with Crippen molar-refractivity contribution in [3.63, 3.8) is 0 Å². The first-order chi connectivity index (χ1) is 10.2. The first-order valence-electron chi connectivity index (χ1n) is 8.57. The summed E-state index contributed by atoms with van der Waals surface area (Å²) in [6.07, 6.45) is 6.47. The minimum atomic E-state index is 0.611. The zero-order valence-corrected chi connectivity index (χ0v) is 14.7. The molecule has 2 rings (SSSR count). The molecule has 1 aromatic heterocycles. The number of aryl methyl sites for hydroxylation is 2. The largest absolute Gasteiger partial charge is 0.314 e. The molecule has 1 aromatic rings. The molecule has 0 radical (unpaired) electrons. The van der Waals surface area contributed by atoms with E-state index in [1.54, 1.807) is 0 Å². The minimum Gasteiger partial charge on any atom is -0.314 e. The minimum absolute atomic E-state index is 0.611. The van der Waals surface area contributed by atoms with E-state index in [0.717, 1.165) is 31.1 Å². The quantitative estimate of drug-likeness (QED) is 0.795. The van der Waals surface area contributed by atoms with Crippen LogP contribution in [0.25, 0.3) is 0 Å². The van der Waals surface area contributed by atoms with Crippen LogP contribution in [0.1, 0.15) is 50.9 Å². The first-order valence-corrected chi connectivity index (χ1v) is 9.72. The maximum Gasteiger partial charge on any atom is 0.0596 e. The number of rotatable bonds is 8. The Morgan fingerprint density at radius 3 is 2.81 bits per heavy atom. The van der Waals surface area contributed by atoms with Crippen molar-refractivity contribution in [3.8, 4) is 0 Å². The zero-order chi connectivity index (χ0) is 15.1. The third-order valence-electron chi connectivity index (χ3n) is 4.38. The summed E-state index contributed by atoms with van der Waals surface area (Å²) >= 11 is 2.12. The summed E-state index contributed by atoms with van der Waals surface area (Å²) in [5.74, 6) is 3.63. The first kappa shape index (κ1) is 16.9. The van der Waals surface area contributed by atoms with Gasteiger partial charge in [-0.25, -0.2) is 0 Å². The standard InChI is InChI=1S/C17H31N3S/c1-4-8-18-16(12-15-6-9-21-10-7-15)13-17-11-14(3)19-20(17)5-2/h11,15-16,18H,4-10,12-13H2,1-3H3. The van der Waals surface area contributed by atoms with Crippen molar-refractivity contribution >= 4 is 11.8 Å². The molecule has 0 spiro atoms. The van der Waals surface area contributed by atoms with E-state index < -0.39 is 0 Å². The summed E-state index contributed by atoms with van der Waals surface area (Å²) in [7, 11) is 0. The van der Waals surface area contributed by atoms with Crippen LogP contribution in [0.5, 0.6) is 0 Å². The predicted octanol–water partition coefficient (Wildman–Crippen LogP) is 3.66. The van der Waals surface area contributed by atoms with E-state index in [0.29, 0.717) is 6.04 Å². The van der Waals surface area contributed by atoms with Gasteiger partial charge in [0.15, 0.2) is 0 Å².